The van der Waals surface area contributed by atoms with Crippen LogP contribution in [0.15, 0.2) is 59.3 Å². The predicted octanol–water partition coefficient (Wildman–Crippen LogP) is 5.79. The lowest BCUT2D eigenvalue weighted by Crippen LogP contribution is -2.13. The van der Waals surface area contributed by atoms with Gasteiger partial charge in [-0.05, 0) is 64.8 Å². The number of benzene rings is 1. The fourth-order valence-corrected chi connectivity index (χ4v) is 4.05. The summed E-state index contributed by atoms with van der Waals surface area (Å²) in [5, 5.41) is 18.0. The fraction of sp³-hybridized carbons (Fsp3) is 0.250. The molecular formula is C24H24BrN5O2. The van der Waals surface area contributed by atoms with Gasteiger partial charge < -0.3 is 10.4 Å². The third kappa shape index (κ3) is 4.80. The van der Waals surface area contributed by atoms with Crippen molar-refractivity contribution in [3.05, 3.63) is 64.9 Å². The van der Waals surface area contributed by atoms with E-state index in [1.165, 1.54) is 12.6 Å². The number of phenols is 1. The Balaban J connectivity index is 1.74. The summed E-state index contributed by atoms with van der Waals surface area (Å²) in [7, 11) is 0. The number of phenolic OH excluding ortho intramolecular Hbond substituents is 1. The van der Waals surface area contributed by atoms with Gasteiger partial charge in [-0.3, -0.25) is 9.78 Å². The van der Waals surface area contributed by atoms with E-state index >= 15 is 0 Å². The minimum absolute atomic E-state index is 0.201. The van der Waals surface area contributed by atoms with Crippen LogP contribution >= 0.6 is 15.9 Å². The number of carbonyl (C=O) groups excluding carboxylic acids is 1. The molecule has 0 bridgehead atoms. The van der Waals surface area contributed by atoms with Gasteiger partial charge in [-0.15, -0.1) is 0 Å². The molecule has 0 spiro atoms. The minimum Gasteiger partial charge on any atom is -0.508 e. The Bertz CT molecular complexity index is 1220. The standard InChI is InChI=1S/C24H24BrN5O2/c1-2-3-4-5-13-30-23-19(22(29-30)28-24(32)17-7-6-12-26-15-17)14-20(25)21(27-23)16-8-10-18(31)11-9-16/h6-12,14-15,31H,2-5,13H2,1H3,(H,28,29,32). The number of aromatic hydroxyl groups is 1. The molecule has 0 aliphatic heterocycles. The van der Waals surface area contributed by atoms with Crippen LogP contribution in [-0.4, -0.2) is 30.8 Å². The molecule has 3 heterocycles. The van der Waals surface area contributed by atoms with Gasteiger partial charge in [-0.25, -0.2) is 9.67 Å². The summed E-state index contributed by atoms with van der Waals surface area (Å²) < 4.78 is 2.64. The average Bonchev–Trinajstić information content (AvgIpc) is 3.13. The molecule has 0 atom stereocenters. The summed E-state index contributed by atoms with van der Waals surface area (Å²) in [6, 6.07) is 12.3. The van der Waals surface area contributed by atoms with Crippen LogP contribution in [0.1, 0.15) is 43.0 Å². The van der Waals surface area contributed by atoms with E-state index in [0.717, 1.165) is 40.4 Å². The maximum absolute atomic E-state index is 12.7. The van der Waals surface area contributed by atoms with Crippen LogP contribution in [0, 0.1) is 0 Å². The van der Waals surface area contributed by atoms with Crippen LogP contribution in [0.4, 0.5) is 5.82 Å². The van der Waals surface area contributed by atoms with Crippen LogP contribution in [-0.2, 0) is 6.54 Å². The minimum atomic E-state index is -0.269. The number of carbonyl (C=O) groups is 1. The number of aromatic nitrogens is 4. The quantitative estimate of drug-likeness (QED) is 0.302. The highest BCUT2D eigenvalue weighted by Crippen LogP contribution is 2.33. The molecule has 3 aromatic heterocycles. The summed E-state index contributed by atoms with van der Waals surface area (Å²) in [5.41, 5.74) is 2.79. The Morgan fingerprint density at radius 3 is 2.69 bits per heavy atom. The van der Waals surface area contributed by atoms with E-state index in [9.17, 15) is 9.90 Å². The first-order chi connectivity index (χ1) is 15.6. The molecule has 4 aromatic rings. The van der Waals surface area contributed by atoms with E-state index in [4.69, 9.17) is 4.98 Å². The van der Waals surface area contributed by atoms with Gasteiger partial charge >= 0.3 is 0 Å². The van der Waals surface area contributed by atoms with Crippen LogP contribution in [0.3, 0.4) is 0 Å². The zero-order valence-corrected chi connectivity index (χ0v) is 19.3. The number of fused-ring (bicyclic) bond motifs is 1. The maximum Gasteiger partial charge on any atom is 0.258 e. The monoisotopic (exact) mass is 493 g/mol. The molecule has 32 heavy (non-hydrogen) atoms. The predicted molar refractivity (Wildman–Crippen MR) is 129 cm³/mol. The zero-order chi connectivity index (χ0) is 22.5. The second kappa shape index (κ2) is 9.91. The number of halogens is 1. The van der Waals surface area contributed by atoms with Crippen LogP contribution in [0.5, 0.6) is 5.75 Å². The van der Waals surface area contributed by atoms with E-state index in [2.05, 4.69) is 38.3 Å². The first kappa shape index (κ1) is 22.0. The summed E-state index contributed by atoms with van der Waals surface area (Å²) in [5.74, 6) is 0.400. The Kier molecular flexibility index (Phi) is 6.80. The lowest BCUT2D eigenvalue weighted by atomic mass is 10.1. The number of pyridine rings is 2. The molecule has 0 unspecified atom stereocenters. The third-order valence-corrected chi connectivity index (χ3v) is 5.80. The van der Waals surface area contributed by atoms with Gasteiger partial charge in [-0.1, -0.05) is 26.2 Å². The Hall–Kier alpha value is -3.26. The van der Waals surface area contributed by atoms with Crippen molar-refractivity contribution in [2.45, 2.75) is 39.2 Å². The SMILES string of the molecule is CCCCCCn1nc(NC(=O)c2cccnc2)c2cc(Br)c(-c3ccc(O)cc3)nc21. The third-order valence-electron chi connectivity index (χ3n) is 5.20. The second-order valence-corrected chi connectivity index (χ2v) is 8.42. The van der Waals surface area contributed by atoms with Gasteiger partial charge in [0.05, 0.1) is 16.6 Å². The van der Waals surface area contributed by atoms with Crippen molar-refractivity contribution in [1.29, 1.82) is 0 Å². The Morgan fingerprint density at radius 2 is 1.97 bits per heavy atom. The van der Waals surface area contributed by atoms with E-state index in [0.29, 0.717) is 23.6 Å². The van der Waals surface area contributed by atoms with Crippen molar-refractivity contribution < 1.29 is 9.90 Å². The van der Waals surface area contributed by atoms with Crippen LogP contribution in [0.2, 0.25) is 0 Å². The number of nitrogens with one attached hydrogen (secondary N) is 1. The highest BCUT2D eigenvalue weighted by atomic mass is 79.9. The smallest absolute Gasteiger partial charge is 0.258 e. The van der Waals surface area contributed by atoms with Crippen molar-refractivity contribution in [2.24, 2.45) is 0 Å². The number of nitrogens with zero attached hydrogens (tertiary/aromatic N) is 4. The van der Waals surface area contributed by atoms with E-state index in [-0.39, 0.29) is 11.7 Å². The lowest BCUT2D eigenvalue weighted by Gasteiger charge is -2.07. The number of unbranched alkanes of at least 4 members (excludes halogenated alkanes) is 3. The number of hydrogen-bond acceptors (Lipinski definition) is 5. The fourth-order valence-electron chi connectivity index (χ4n) is 3.51. The molecule has 0 aliphatic carbocycles. The van der Waals surface area contributed by atoms with E-state index in [1.807, 2.05) is 22.9 Å². The summed E-state index contributed by atoms with van der Waals surface area (Å²) in [6.45, 7) is 2.89. The Labute approximate surface area is 194 Å². The zero-order valence-electron chi connectivity index (χ0n) is 17.8. The number of aryl methyl sites for hydroxylation is 1. The first-order valence-corrected chi connectivity index (χ1v) is 11.4. The summed E-state index contributed by atoms with van der Waals surface area (Å²) >= 11 is 3.62. The van der Waals surface area contributed by atoms with Gasteiger partial charge in [0, 0.05) is 29.0 Å². The highest BCUT2D eigenvalue weighted by Gasteiger charge is 2.18. The molecule has 1 amide bonds. The maximum atomic E-state index is 12.7. The van der Waals surface area contributed by atoms with Crippen molar-refractivity contribution in [3.8, 4) is 17.0 Å². The molecule has 8 heteroatoms. The van der Waals surface area contributed by atoms with E-state index in [1.54, 1.807) is 30.5 Å². The van der Waals surface area contributed by atoms with Gasteiger partial charge in [0.25, 0.3) is 5.91 Å². The van der Waals surface area contributed by atoms with Crippen LogP contribution in [0.25, 0.3) is 22.3 Å². The molecule has 7 nitrogen and oxygen atoms in total. The average molecular weight is 494 g/mol. The highest BCUT2D eigenvalue weighted by molar-refractivity contribution is 9.10. The van der Waals surface area contributed by atoms with E-state index < -0.39 is 0 Å². The second-order valence-electron chi connectivity index (χ2n) is 7.57. The van der Waals surface area contributed by atoms with Crippen molar-refractivity contribution in [1.82, 2.24) is 19.7 Å². The number of rotatable bonds is 8. The molecule has 4 rings (SSSR count). The largest absolute Gasteiger partial charge is 0.508 e. The Morgan fingerprint density at radius 1 is 1.16 bits per heavy atom. The number of hydrogen-bond donors (Lipinski definition) is 2. The van der Waals surface area contributed by atoms with Crippen molar-refractivity contribution in [3.63, 3.8) is 0 Å². The topological polar surface area (TPSA) is 92.9 Å². The molecule has 0 fully saturated rings. The number of amides is 1. The molecular weight excluding hydrogens is 470 g/mol. The first-order valence-electron chi connectivity index (χ1n) is 10.6. The molecule has 0 saturated heterocycles. The molecule has 0 radical (unpaired) electrons. The van der Waals surface area contributed by atoms with Crippen LogP contribution < -0.4 is 5.32 Å². The summed E-state index contributed by atoms with van der Waals surface area (Å²) in [4.78, 5) is 21.6. The molecule has 0 aliphatic rings. The number of anilines is 1. The van der Waals surface area contributed by atoms with Gasteiger partial charge in [0.2, 0.25) is 0 Å². The van der Waals surface area contributed by atoms with Gasteiger partial charge in [0.1, 0.15) is 5.75 Å². The molecule has 0 saturated carbocycles. The normalized spacial score (nSPS) is 11.1. The van der Waals surface area contributed by atoms with Crippen molar-refractivity contribution >= 4 is 38.7 Å². The van der Waals surface area contributed by atoms with Gasteiger partial charge in [-0.2, -0.15) is 5.10 Å². The lowest BCUT2D eigenvalue weighted by molar-refractivity contribution is 0.102. The van der Waals surface area contributed by atoms with Crippen molar-refractivity contribution in [2.75, 3.05) is 5.32 Å². The summed E-state index contributed by atoms with van der Waals surface area (Å²) in [6.07, 6.45) is 7.56. The van der Waals surface area contributed by atoms with Gasteiger partial charge in [0.15, 0.2) is 11.5 Å². The molecule has 2 N–H and O–H groups in total. The molecule has 1 aromatic carbocycles. The molecule has 164 valence electrons.